The van der Waals surface area contributed by atoms with E-state index in [-0.39, 0.29) is 0 Å². The van der Waals surface area contributed by atoms with Gasteiger partial charge in [-0.15, -0.1) is 11.3 Å². The highest BCUT2D eigenvalue weighted by atomic mass is 32.1. The number of hydrogen-bond donors (Lipinski definition) is 1. The van der Waals surface area contributed by atoms with Gasteiger partial charge < -0.3 is 10.5 Å². The molecule has 0 fully saturated rings. The van der Waals surface area contributed by atoms with E-state index in [1.165, 1.54) is 5.56 Å². The molecule has 17 heavy (non-hydrogen) atoms. The number of hydrogen-bond acceptors (Lipinski definition) is 4. The highest BCUT2D eigenvalue weighted by Crippen LogP contribution is 2.15. The largest absolute Gasteiger partial charge is 0.497 e. The zero-order chi connectivity index (χ0) is 12.1. The lowest BCUT2D eigenvalue weighted by atomic mass is 10.1. The van der Waals surface area contributed by atoms with E-state index >= 15 is 0 Å². The molecule has 2 rings (SSSR count). The van der Waals surface area contributed by atoms with Crippen LogP contribution in [0.1, 0.15) is 16.3 Å². The van der Waals surface area contributed by atoms with Crippen molar-refractivity contribution < 1.29 is 4.74 Å². The van der Waals surface area contributed by atoms with Crippen LogP contribution in [0, 0.1) is 0 Å². The van der Waals surface area contributed by atoms with Gasteiger partial charge in [-0.1, -0.05) is 12.1 Å². The number of benzene rings is 1. The van der Waals surface area contributed by atoms with Crippen molar-refractivity contribution in [2.75, 3.05) is 7.11 Å². The molecule has 0 saturated carbocycles. The monoisotopic (exact) mass is 248 g/mol. The van der Waals surface area contributed by atoms with E-state index in [1.807, 2.05) is 12.1 Å². The van der Waals surface area contributed by atoms with Crippen LogP contribution in [0.3, 0.4) is 0 Å². The molecule has 1 aromatic heterocycles. The molecule has 0 saturated heterocycles. The van der Waals surface area contributed by atoms with Gasteiger partial charge in [0.05, 0.1) is 12.8 Å². The standard InChI is InChI=1S/C13H16N2OS/c1-16-12-6-3-10(4-7-12)2-5-11-9-17-13(8-14)15-11/h3-4,6-7,9H,2,5,8,14H2,1H3. The Balaban J connectivity index is 1.92. The summed E-state index contributed by atoms with van der Waals surface area (Å²) in [7, 11) is 1.68. The summed E-state index contributed by atoms with van der Waals surface area (Å²) in [6.07, 6.45) is 1.96. The molecule has 0 unspecified atom stereocenters. The van der Waals surface area contributed by atoms with Crippen molar-refractivity contribution >= 4 is 11.3 Å². The van der Waals surface area contributed by atoms with Crippen LogP contribution in [-0.4, -0.2) is 12.1 Å². The van der Waals surface area contributed by atoms with E-state index in [2.05, 4.69) is 22.5 Å². The summed E-state index contributed by atoms with van der Waals surface area (Å²) in [4.78, 5) is 4.45. The quantitative estimate of drug-likeness (QED) is 0.884. The third-order valence-electron chi connectivity index (χ3n) is 2.60. The van der Waals surface area contributed by atoms with E-state index in [0.29, 0.717) is 6.54 Å². The molecule has 0 spiro atoms. The Morgan fingerprint density at radius 3 is 2.59 bits per heavy atom. The van der Waals surface area contributed by atoms with Gasteiger partial charge >= 0.3 is 0 Å². The molecule has 0 aliphatic heterocycles. The molecule has 2 N–H and O–H groups in total. The molecular weight excluding hydrogens is 232 g/mol. The highest BCUT2D eigenvalue weighted by Gasteiger charge is 2.01. The van der Waals surface area contributed by atoms with E-state index in [1.54, 1.807) is 18.4 Å². The highest BCUT2D eigenvalue weighted by molar-refractivity contribution is 7.09. The first-order chi connectivity index (χ1) is 8.31. The Kier molecular flexibility index (Phi) is 4.12. The van der Waals surface area contributed by atoms with Gasteiger partial charge in [-0.2, -0.15) is 0 Å². The summed E-state index contributed by atoms with van der Waals surface area (Å²) >= 11 is 1.63. The second-order valence-corrected chi connectivity index (χ2v) is 4.73. The Bertz CT molecular complexity index is 465. The number of nitrogens with zero attached hydrogens (tertiary/aromatic N) is 1. The Labute approximate surface area is 105 Å². The van der Waals surface area contributed by atoms with E-state index in [4.69, 9.17) is 10.5 Å². The summed E-state index contributed by atoms with van der Waals surface area (Å²) in [6.45, 7) is 0.535. The van der Waals surface area contributed by atoms with E-state index < -0.39 is 0 Å². The number of nitrogens with two attached hydrogens (primary N) is 1. The van der Waals surface area contributed by atoms with Crippen LogP contribution in [0.15, 0.2) is 29.6 Å². The molecule has 0 aliphatic carbocycles. The first-order valence-electron chi connectivity index (χ1n) is 5.58. The SMILES string of the molecule is COc1ccc(CCc2csc(CN)n2)cc1. The molecule has 0 radical (unpaired) electrons. The maximum Gasteiger partial charge on any atom is 0.118 e. The maximum absolute atomic E-state index is 5.54. The molecule has 2 aromatic rings. The number of aryl methyl sites for hydroxylation is 2. The molecular formula is C13H16N2OS. The van der Waals surface area contributed by atoms with Crippen LogP contribution in [-0.2, 0) is 19.4 Å². The smallest absolute Gasteiger partial charge is 0.118 e. The topological polar surface area (TPSA) is 48.1 Å². The zero-order valence-corrected chi connectivity index (χ0v) is 10.7. The average Bonchev–Trinajstić information content (AvgIpc) is 2.85. The number of rotatable bonds is 5. The van der Waals surface area contributed by atoms with Gasteiger partial charge in [0.25, 0.3) is 0 Å². The first kappa shape index (κ1) is 12.1. The van der Waals surface area contributed by atoms with E-state index in [9.17, 15) is 0 Å². The van der Waals surface area contributed by atoms with Crippen LogP contribution < -0.4 is 10.5 Å². The number of ether oxygens (including phenoxy) is 1. The van der Waals surface area contributed by atoms with Crippen LogP contribution >= 0.6 is 11.3 Å². The van der Waals surface area contributed by atoms with Crippen molar-refractivity contribution in [1.82, 2.24) is 4.98 Å². The maximum atomic E-state index is 5.54. The normalized spacial score (nSPS) is 10.5. The Morgan fingerprint density at radius 1 is 1.24 bits per heavy atom. The lowest BCUT2D eigenvalue weighted by Gasteiger charge is -2.02. The second-order valence-electron chi connectivity index (χ2n) is 3.78. The third kappa shape index (κ3) is 3.28. The average molecular weight is 248 g/mol. The summed E-state index contributed by atoms with van der Waals surface area (Å²) in [6, 6.07) is 8.16. The number of aromatic nitrogens is 1. The van der Waals surface area contributed by atoms with Crippen molar-refractivity contribution in [2.24, 2.45) is 5.73 Å². The van der Waals surface area contributed by atoms with Gasteiger partial charge in [-0.25, -0.2) is 4.98 Å². The van der Waals surface area contributed by atoms with E-state index in [0.717, 1.165) is 29.3 Å². The van der Waals surface area contributed by atoms with Crippen molar-refractivity contribution in [3.8, 4) is 5.75 Å². The molecule has 4 heteroatoms. The fourth-order valence-corrected chi connectivity index (χ4v) is 2.33. The predicted molar refractivity (Wildman–Crippen MR) is 70.4 cm³/mol. The number of methoxy groups -OCH3 is 1. The summed E-state index contributed by atoms with van der Waals surface area (Å²) < 4.78 is 5.13. The lowest BCUT2D eigenvalue weighted by Crippen LogP contribution is -1.97. The predicted octanol–water partition coefficient (Wildman–Crippen LogP) is 2.40. The lowest BCUT2D eigenvalue weighted by molar-refractivity contribution is 0.414. The van der Waals surface area contributed by atoms with Crippen LogP contribution in [0.4, 0.5) is 0 Å². The number of thiazole rings is 1. The Morgan fingerprint density at radius 2 is 2.00 bits per heavy atom. The van der Waals surface area contributed by atoms with Crippen molar-refractivity contribution in [3.05, 3.63) is 45.9 Å². The molecule has 1 heterocycles. The van der Waals surface area contributed by atoms with Gasteiger partial charge in [0.1, 0.15) is 10.8 Å². The minimum Gasteiger partial charge on any atom is -0.497 e. The minimum absolute atomic E-state index is 0.535. The molecule has 0 bridgehead atoms. The fourth-order valence-electron chi connectivity index (χ4n) is 1.62. The van der Waals surface area contributed by atoms with Gasteiger partial charge in [0.2, 0.25) is 0 Å². The van der Waals surface area contributed by atoms with Gasteiger partial charge in [-0.05, 0) is 30.5 Å². The minimum atomic E-state index is 0.535. The zero-order valence-electron chi connectivity index (χ0n) is 9.85. The van der Waals surface area contributed by atoms with Crippen LogP contribution in [0.5, 0.6) is 5.75 Å². The summed E-state index contributed by atoms with van der Waals surface area (Å²) in [5.74, 6) is 0.896. The van der Waals surface area contributed by atoms with Crippen molar-refractivity contribution in [1.29, 1.82) is 0 Å². The molecule has 3 nitrogen and oxygen atoms in total. The van der Waals surface area contributed by atoms with Gasteiger partial charge in [-0.3, -0.25) is 0 Å². The molecule has 0 amide bonds. The summed E-state index contributed by atoms with van der Waals surface area (Å²) in [5, 5.41) is 3.10. The fraction of sp³-hybridized carbons (Fsp3) is 0.308. The molecule has 1 aromatic carbocycles. The Hall–Kier alpha value is -1.39. The second kappa shape index (κ2) is 5.80. The van der Waals surface area contributed by atoms with Gasteiger partial charge in [0, 0.05) is 11.9 Å². The van der Waals surface area contributed by atoms with Crippen molar-refractivity contribution in [3.63, 3.8) is 0 Å². The third-order valence-corrected chi connectivity index (χ3v) is 3.52. The first-order valence-corrected chi connectivity index (χ1v) is 6.46. The summed E-state index contributed by atoms with van der Waals surface area (Å²) in [5.41, 5.74) is 7.97. The van der Waals surface area contributed by atoms with Gasteiger partial charge in [0.15, 0.2) is 0 Å². The molecule has 90 valence electrons. The molecule has 0 atom stereocenters. The van der Waals surface area contributed by atoms with Crippen molar-refractivity contribution in [2.45, 2.75) is 19.4 Å². The van der Waals surface area contributed by atoms with Crippen LogP contribution in [0.25, 0.3) is 0 Å². The van der Waals surface area contributed by atoms with Crippen LogP contribution in [0.2, 0.25) is 0 Å². The molecule has 0 aliphatic rings.